The van der Waals surface area contributed by atoms with Gasteiger partial charge in [0.2, 0.25) is 0 Å². The van der Waals surface area contributed by atoms with Gasteiger partial charge in [0.25, 0.3) is 17.5 Å². The van der Waals surface area contributed by atoms with Crippen molar-refractivity contribution in [2.45, 2.75) is 26.7 Å². The molecule has 1 heterocycles. The predicted molar refractivity (Wildman–Crippen MR) is 89.4 cm³/mol. The van der Waals surface area contributed by atoms with Crippen molar-refractivity contribution in [3.63, 3.8) is 0 Å². The summed E-state index contributed by atoms with van der Waals surface area (Å²) >= 11 is 0. The molecule has 0 N–H and O–H groups in total. The number of nitrogens with zero attached hydrogens (tertiary/aromatic N) is 2. The van der Waals surface area contributed by atoms with Crippen molar-refractivity contribution in [3.05, 3.63) is 68.8 Å². The van der Waals surface area contributed by atoms with Crippen LogP contribution in [-0.2, 0) is 12.8 Å². The molecule has 122 valence electrons. The second-order valence-electron chi connectivity index (χ2n) is 5.56. The zero-order valence-corrected chi connectivity index (χ0v) is 13.4. The number of anilines is 1. The second kappa shape index (κ2) is 5.88. The number of fused-ring (bicyclic) bond motifs is 1. The van der Waals surface area contributed by atoms with Gasteiger partial charge in [-0.15, -0.1) is 0 Å². The summed E-state index contributed by atoms with van der Waals surface area (Å²) in [5.41, 5.74) is 2.50. The van der Waals surface area contributed by atoms with Crippen LogP contribution in [0.2, 0.25) is 0 Å². The topological polar surface area (TPSA) is 80.5 Å². The Morgan fingerprint density at radius 3 is 2.08 bits per heavy atom. The van der Waals surface area contributed by atoms with Crippen molar-refractivity contribution in [2.24, 2.45) is 0 Å². The fourth-order valence-electron chi connectivity index (χ4n) is 3.05. The molecule has 0 spiro atoms. The average molecular weight is 324 g/mol. The fraction of sp³-hybridized carbons (Fsp3) is 0.222. The number of benzene rings is 2. The maximum absolute atomic E-state index is 12.8. The number of carbonyl (C=O) groups is 2. The molecule has 0 atom stereocenters. The number of aryl methyl sites for hydroxylation is 2. The van der Waals surface area contributed by atoms with Crippen LogP contribution in [-0.4, -0.2) is 16.7 Å². The highest BCUT2D eigenvalue weighted by Crippen LogP contribution is 2.35. The Balaban J connectivity index is 2.17. The smallest absolute Gasteiger partial charge is 0.268 e. The molecule has 2 amide bonds. The van der Waals surface area contributed by atoms with Crippen LogP contribution in [0.15, 0.2) is 36.4 Å². The average Bonchev–Trinajstić information content (AvgIpc) is 2.84. The highest BCUT2D eigenvalue weighted by Gasteiger charge is 2.39. The van der Waals surface area contributed by atoms with E-state index < -0.39 is 16.7 Å². The molecule has 0 radical (unpaired) electrons. The highest BCUT2D eigenvalue weighted by molar-refractivity contribution is 6.35. The molecule has 0 bridgehead atoms. The van der Waals surface area contributed by atoms with Crippen molar-refractivity contribution in [1.82, 2.24) is 0 Å². The van der Waals surface area contributed by atoms with E-state index in [0.717, 1.165) is 16.0 Å². The number of nitro benzene ring substituents is 1. The summed E-state index contributed by atoms with van der Waals surface area (Å²) in [5, 5.41) is 10.9. The van der Waals surface area contributed by atoms with Crippen molar-refractivity contribution in [3.8, 4) is 0 Å². The van der Waals surface area contributed by atoms with Crippen LogP contribution in [0, 0.1) is 10.1 Å². The third-order valence-electron chi connectivity index (χ3n) is 4.27. The Morgan fingerprint density at radius 1 is 0.958 bits per heavy atom. The third kappa shape index (κ3) is 2.27. The first-order valence-electron chi connectivity index (χ1n) is 7.77. The summed E-state index contributed by atoms with van der Waals surface area (Å²) in [5.74, 6) is -0.935. The van der Waals surface area contributed by atoms with Gasteiger partial charge in [-0.05, 0) is 30.0 Å². The maximum Gasteiger partial charge on any atom is 0.270 e. The molecule has 3 rings (SSSR count). The second-order valence-corrected chi connectivity index (χ2v) is 5.56. The van der Waals surface area contributed by atoms with Crippen molar-refractivity contribution >= 4 is 23.2 Å². The number of hydrogen-bond donors (Lipinski definition) is 0. The van der Waals surface area contributed by atoms with E-state index in [4.69, 9.17) is 0 Å². The van der Waals surface area contributed by atoms with Crippen molar-refractivity contribution < 1.29 is 14.5 Å². The summed E-state index contributed by atoms with van der Waals surface area (Å²) < 4.78 is 0. The molecule has 1 aliphatic heterocycles. The molecule has 6 nitrogen and oxygen atoms in total. The lowest BCUT2D eigenvalue weighted by Gasteiger charge is -2.21. The van der Waals surface area contributed by atoms with E-state index in [1.807, 2.05) is 32.0 Å². The molecule has 24 heavy (non-hydrogen) atoms. The third-order valence-corrected chi connectivity index (χ3v) is 4.27. The molecule has 0 unspecified atom stereocenters. The van der Waals surface area contributed by atoms with Gasteiger partial charge in [0.1, 0.15) is 0 Å². The number of para-hydroxylation sites is 1. The molecule has 2 aromatic carbocycles. The van der Waals surface area contributed by atoms with Gasteiger partial charge in [0.05, 0.1) is 21.7 Å². The van der Waals surface area contributed by atoms with Gasteiger partial charge in [-0.25, -0.2) is 4.90 Å². The Kier molecular flexibility index (Phi) is 3.89. The van der Waals surface area contributed by atoms with Gasteiger partial charge in [-0.2, -0.15) is 0 Å². The quantitative estimate of drug-likeness (QED) is 0.489. The Hall–Kier alpha value is -3.02. The van der Waals surface area contributed by atoms with Gasteiger partial charge in [0.15, 0.2) is 0 Å². The first-order chi connectivity index (χ1) is 11.5. The lowest BCUT2D eigenvalue weighted by atomic mass is 10.0. The fourth-order valence-corrected chi connectivity index (χ4v) is 3.05. The largest absolute Gasteiger partial charge is 0.270 e. The Morgan fingerprint density at radius 2 is 1.54 bits per heavy atom. The number of non-ortho nitro benzene ring substituents is 1. The molecular weight excluding hydrogens is 308 g/mol. The number of carbonyl (C=O) groups excluding carboxylic acids is 2. The number of amides is 2. The number of imide groups is 1. The Bertz CT molecular complexity index is 851. The van der Waals surface area contributed by atoms with E-state index in [1.54, 1.807) is 0 Å². The first-order valence-corrected chi connectivity index (χ1v) is 7.77. The number of rotatable bonds is 4. The molecule has 0 saturated carbocycles. The minimum atomic E-state index is -0.571. The van der Waals surface area contributed by atoms with Crippen LogP contribution in [0.3, 0.4) is 0 Å². The van der Waals surface area contributed by atoms with Gasteiger partial charge < -0.3 is 0 Å². The van der Waals surface area contributed by atoms with Crippen LogP contribution in [0.25, 0.3) is 0 Å². The van der Waals surface area contributed by atoms with E-state index >= 15 is 0 Å². The lowest BCUT2D eigenvalue weighted by Crippen LogP contribution is -2.31. The minimum absolute atomic E-state index is 0.0853. The molecule has 0 aromatic heterocycles. The minimum Gasteiger partial charge on any atom is -0.268 e. The van der Waals surface area contributed by atoms with Crippen LogP contribution in [0.4, 0.5) is 11.4 Å². The molecule has 0 aliphatic carbocycles. The zero-order valence-electron chi connectivity index (χ0n) is 13.4. The monoisotopic (exact) mass is 324 g/mol. The van der Waals surface area contributed by atoms with Crippen LogP contribution < -0.4 is 4.90 Å². The maximum atomic E-state index is 12.8. The lowest BCUT2D eigenvalue weighted by molar-refractivity contribution is -0.384. The highest BCUT2D eigenvalue weighted by atomic mass is 16.6. The summed E-state index contributed by atoms with van der Waals surface area (Å²) in [6, 6.07) is 9.47. The summed E-state index contributed by atoms with van der Waals surface area (Å²) in [4.78, 5) is 37.1. The van der Waals surface area contributed by atoms with E-state index in [2.05, 4.69) is 0 Å². The van der Waals surface area contributed by atoms with Crippen LogP contribution in [0.1, 0.15) is 45.7 Å². The summed E-state index contributed by atoms with van der Waals surface area (Å²) in [7, 11) is 0. The van der Waals surface area contributed by atoms with E-state index in [9.17, 15) is 19.7 Å². The molecular formula is C18H16N2O4. The number of nitro groups is 1. The first kappa shape index (κ1) is 15.9. The molecule has 6 heteroatoms. The standard InChI is InChI=1S/C18H16N2O4/c1-3-11-6-5-7-12(4-2)16(11)19-17(21)14-9-8-13(20(23)24)10-15(14)18(19)22/h5-10H,3-4H2,1-2H3. The number of hydrogen-bond acceptors (Lipinski definition) is 4. The normalized spacial score (nSPS) is 13.3. The Labute approximate surface area is 138 Å². The van der Waals surface area contributed by atoms with Gasteiger partial charge in [-0.1, -0.05) is 32.0 Å². The summed E-state index contributed by atoms with van der Waals surface area (Å²) in [6.07, 6.45) is 1.35. The van der Waals surface area contributed by atoms with E-state index in [-0.39, 0.29) is 16.8 Å². The molecule has 1 aliphatic rings. The van der Waals surface area contributed by atoms with Crippen molar-refractivity contribution in [1.29, 1.82) is 0 Å². The molecule has 0 saturated heterocycles. The van der Waals surface area contributed by atoms with E-state index in [1.165, 1.54) is 18.2 Å². The SMILES string of the molecule is CCc1cccc(CC)c1N1C(=O)c2ccc([N+](=O)[O-])cc2C1=O. The predicted octanol–water partition coefficient (Wildman–Crippen LogP) is 3.52. The van der Waals surface area contributed by atoms with Gasteiger partial charge in [0, 0.05) is 12.1 Å². The molecule has 0 fully saturated rings. The van der Waals surface area contributed by atoms with Crippen LogP contribution >= 0.6 is 0 Å². The van der Waals surface area contributed by atoms with Gasteiger partial charge in [-0.3, -0.25) is 19.7 Å². The zero-order chi connectivity index (χ0) is 17.4. The van der Waals surface area contributed by atoms with Crippen molar-refractivity contribution in [2.75, 3.05) is 4.90 Å². The van der Waals surface area contributed by atoms with E-state index in [0.29, 0.717) is 18.5 Å². The van der Waals surface area contributed by atoms with Gasteiger partial charge >= 0.3 is 0 Å². The molecule has 2 aromatic rings. The van der Waals surface area contributed by atoms with Crippen LogP contribution in [0.5, 0.6) is 0 Å². The summed E-state index contributed by atoms with van der Waals surface area (Å²) in [6.45, 7) is 3.92.